The predicted octanol–water partition coefficient (Wildman–Crippen LogP) is 3.10. The fourth-order valence-electron chi connectivity index (χ4n) is 3.81. The first-order valence-corrected chi connectivity index (χ1v) is 8.80. The highest BCUT2D eigenvalue weighted by molar-refractivity contribution is 5.98. The van der Waals surface area contributed by atoms with E-state index in [-0.39, 0.29) is 11.7 Å². The molecule has 0 fully saturated rings. The van der Waals surface area contributed by atoms with E-state index in [0.717, 1.165) is 28.8 Å². The van der Waals surface area contributed by atoms with Gasteiger partial charge in [0.1, 0.15) is 5.75 Å². The number of rotatable bonds is 3. The van der Waals surface area contributed by atoms with Crippen molar-refractivity contribution in [2.75, 3.05) is 11.4 Å². The second-order valence-corrected chi connectivity index (χ2v) is 7.26. The van der Waals surface area contributed by atoms with Gasteiger partial charge in [-0.3, -0.25) is 4.79 Å². The molecule has 3 rings (SSSR count). The number of anilines is 1. The summed E-state index contributed by atoms with van der Waals surface area (Å²) in [6.07, 6.45) is 1.47. The maximum Gasteiger partial charge on any atom is 0.244 e. The van der Waals surface area contributed by atoms with Gasteiger partial charge in [-0.2, -0.15) is 0 Å². The van der Waals surface area contributed by atoms with Crippen LogP contribution in [0.4, 0.5) is 5.69 Å². The second-order valence-electron chi connectivity index (χ2n) is 7.26. The third-order valence-electron chi connectivity index (χ3n) is 5.03. The van der Waals surface area contributed by atoms with Crippen LogP contribution in [0, 0.1) is 19.8 Å². The number of carbonyl (C=O) groups excluding carboxylic acids is 1. The Morgan fingerprint density at radius 3 is 2.60 bits per heavy atom. The van der Waals surface area contributed by atoms with E-state index in [0.29, 0.717) is 18.9 Å². The summed E-state index contributed by atoms with van der Waals surface area (Å²) in [5.41, 5.74) is 11.5. The van der Waals surface area contributed by atoms with E-state index >= 15 is 0 Å². The maximum absolute atomic E-state index is 13.1. The average Bonchev–Trinajstić information content (AvgIpc) is 2.56. The lowest BCUT2D eigenvalue weighted by molar-refractivity contribution is -0.120. The summed E-state index contributed by atoms with van der Waals surface area (Å²) in [5, 5.41) is 9.70. The van der Waals surface area contributed by atoms with Crippen molar-refractivity contribution in [1.82, 2.24) is 0 Å². The molecule has 1 aliphatic rings. The van der Waals surface area contributed by atoms with Gasteiger partial charge in [0.05, 0.1) is 6.04 Å². The number of phenolic OH excluding ortho intramolecular Hbond substituents is 1. The Hall–Kier alpha value is -2.33. The minimum atomic E-state index is -0.597. The van der Waals surface area contributed by atoms with Crippen LogP contribution >= 0.6 is 0 Å². The Kier molecular flexibility index (Phi) is 4.82. The number of nitrogens with two attached hydrogens (primary N) is 1. The number of hydrogen-bond acceptors (Lipinski definition) is 3. The molecule has 1 unspecified atom stereocenters. The molecule has 4 heteroatoms. The number of benzene rings is 2. The molecule has 1 aliphatic heterocycles. The number of carbonyl (C=O) groups is 1. The third kappa shape index (κ3) is 3.54. The minimum absolute atomic E-state index is 0.0362. The van der Waals surface area contributed by atoms with Gasteiger partial charge in [-0.25, -0.2) is 0 Å². The van der Waals surface area contributed by atoms with Gasteiger partial charge in [-0.15, -0.1) is 0 Å². The van der Waals surface area contributed by atoms with Crippen LogP contribution in [0.25, 0.3) is 0 Å². The molecule has 132 valence electrons. The van der Waals surface area contributed by atoms with E-state index in [4.69, 9.17) is 5.73 Å². The largest absolute Gasteiger partial charge is 0.508 e. The topological polar surface area (TPSA) is 66.6 Å². The van der Waals surface area contributed by atoms with Crippen LogP contribution in [0.5, 0.6) is 5.75 Å². The average molecular weight is 338 g/mol. The normalized spacial score (nSPS) is 17.9. The highest BCUT2D eigenvalue weighted by Crippen LogP contribution is 2.30. The number of fused-ring (bicyclic) bond motifs is 1. The molecule has 3 N–H and O–H groups in total. The van der Waals surface area contributed by atoms with E-state index in [1.807, 2.05) is 36.9 Å². The van der Waals surface area contributed by atoms with Gasteiger partial charge >= 0.3 is 0 Å². The highest BCUT2D eigenvalue weighted by Gasteiger charge is 2.29. The van der Waals surface area contributed by atoms with Crippen molar-refractivity contribution in [1.29, 1.82) is 0 Å². The molecule has 0 aliphatic carbocycles. The molecule has 1 amide bonds. The van der Waals surface area contributed by atoms with Crippen molar-refractivity contribution in [2.45, 2.75) is 39.7 Å². The molecular weight excluding hydrogens is 312 g/mol. The zero-order valence-corrected chi connectivity index (χ0v) is 15.1. The Morgan fingerprint density at radius 2 is 1.92 bits per heavy atom. The Morgan fingerprint density at radius 1 is 1.28 bits per heavy atom. The molecule has 0 spiro atoms. The summed E-state index contributed by atoms with van der Waals surface area (Å²) in [6.45, 7) is 6.75. The van der Waals surface area contributed by atoms with Gasteiger partial charge in [0.25, 0.3) is 0 Å². The SMILES string of the molecule is Cc1cc(O)cc(C)c1C[C@H](N)C(=O)N1CC(C)Cc2ccccc21. The number of nitrogens with zero attached hydrogens (tertiary/aromatic N) is 1. The van der Waals surface area contributed by atoms with Crippen LogP contribution in [-0.2, 0) is 17.6 Å². The monoisotopic (exact) mass is 338 g/mol. The summed E-state index contributed by atoms with van der Waals surface area (Å²) < 4.78 is 0. The van der Waals surface area contributed by atoms with Crippen LogP contribution in [0.2, 0.25) is 0 Å². The van der Waals surface area contributed by atoms with E-state index in [9.17, 15) is 9.90 Å². The first-order valence-electron chi connectivity index (χ1n) is 8.80. The van der Waals surface area contributed by atoms with Crippen LogP contribution in [0.15, 0.2) is 36.4 Å². The van der Waals surface area contributed by atoms with Gasteiger partial charge < -0.3 is 15.7 Å². The Balaban J connectivity index is 1.84. The lowest BCUT2D eigenvalue weighted by Gasteiger charge is -2.34. The van der Waals surface area contributed by atoms with Crippen molar-refractivity contribution in [3.63, 3.8) is 0 Å². The van der Waals surface area contributed by atoms with Gasteiger partial charge in [-0.1, -0.05) is 25.1 Å². The summed E-state index contributed by atoms with van der Waals surface area (Å²) >= 11 is 0. The molecule has 1 heterocycles. The molecule has 25 heavy (non-hydrogen) atoms. The fraction of sp³-hybridized carbons (Fsp3) is 0.381. The van der Waals surface area contributed by atoms with Crippen molar-refractivity contribution in [3.05, 3.63) is 58.7 Å². The summed E-state index contributed by atoms with van der Waals surface area (Å²) in [7, 11) is 0. The molecule has 0 radical (unpaired) electrons. The van der Waals surface area contributed by atoms with Crippen LogP contribution in [0.3, 0.4) is 0 Å². The summed E-state index contributed by atoms with van der Waals surface area (Å²) in [4.78, 5) is 14.9. The zero-order chi connectivity index (χ0) is 18.1. The van der Waals surface area contributed by atoms with Crippen LogP contribution in [0.1, 0.15) is 29.2 Å². The zero-order valence-electron chi connectivity index (χ0n) is 15.1. The van der Waals surface area contributed by atoms with Gasteiger partial charge in [0.15, 0.2) is 0 Å². The summed E-state index contributed by atoms with van der Waals surface area (Å²) in [6, 6.07) is 10.9. The van der Waals surface area contributed by atoms with Crippen LogP contribution in [-0.4, -0.2) is 23.6 Å². The van der Waals surface area contributed by atoms with E-state index < -0.39 is 6.04 Å². The van der Waals surface area contributed by atoms with E-state index in [1.54, 1.807) is 12.1 Å². The van der Waals surface area contributed by atoms with Gasteiger partial charge in [0.2, 0.25) is 5.91 Å². The molecule has 0 bridgehead atoms. The van der Waals surface area contributed by atoms with Crippen molar-refractivity contribution < 1.29 is 9.90 Å². The summed E-state index contributed by atoms with van der Waals surface area (Å²) in [5.74, 6) is 0.631. The molecular formula is C21H26N2O2. The lowest BCUT2D eigenvalue weighted by Crippen LogP contribution is -2.48. The number of amides is 1. The maximum atomic E-state index is 13.1. The predicted molar refractivity (Wildman–Crippen MR) is 101 cm³/mol. The van der Waals surface area contributed by atoms with Crippen LogP contribution < -0.4 is 10.6 Å². The molecule has 0 aromatic heterocycles. The smallest absolute Gasteiger partial charge is 0.244 e. The highest BCUT2D eigenvalue weighted by atomic mass is 16.3. The lowest BCUT2D eigenvalue weighted by atomic mass is 9.92. The van der Waals surface area contributed by atoms with Crippen molar-refractivity contribution in [3.8, 4) is 5.75 Å². The van der Waals surface area contributed by atoms with Gasteiger partial charge in [-0.05, 0) is 73.1 Å². The first-order chi connectivity index (χ1) is 11.9. The molecule has 2 atom stereocenters. The molecule has 0 saturated heterocycles. The fourth-order valence-corrected chi connectivity index (χ4v) is 3.81. The Bertz CT molecular complexity index is 777. The van der Waals surface area contributed by atoms with E-state index in [1.165, 1.54) is 5.56 Å². The van der Waals surface area contributed by atoms with Crippen molar-refractivity contribution in [2.24, 2.45) is 11.7 Å². The molecule has 4 nitrogen and oxygen atoms in total. The number of aromatic hydroxyl groups is 1. The third-order valence-corrected chi connectivity index (χ3v) is 5.03. The quantitative estimate of drug-likeness (QED) is 0.904. The molecule has 0 saturated carbocycles. The van der Waals surface area contributed by atoms with Crippen molar-refractivity contribution >= 4 is 11.6 Å². The van der Waals surface area contributed by atoms with Gasteiger partial charge in [0, 0.05) is 12.2 Å². The van der Waals surface area contributed by atoms with E-state index in [2.05, 4.69) is 13.0 Å². The first kappa shape index (κ1) is 17.5. The number of para-hydroxylation sites is 1. The number of phenols is 1. The number of aryl methyl sites for hydroxylation is 2. The standard InChI is InChI=1S/C21H26N2O2/c1-13-8-16-6-4-5-7-20(16)23(12-13)21(25)19(22)11-18-14(2)9-17(24)10-15(18)3/h4-7,9-10,13,19,24H,8,11-12,22H2,1-3H3/t13?,19-/m0/s1. The second kappa shape index (κ2) is 6.89. The Labute approximate surface area is 149 Å². The number of hydrogen-bond donors (Lipinski definition) is 2. The minimum Gasteiger partial charge on any atom is -0.508 e. The molecule has 2 aromatic carbocycles. The molecule has 2 aromatic rings.